The van der Waals surface area contributed by atoms with Crippen molar-refractivity contribution >= 4 is 17.2 Å². The van der Waals surface area contributed by atoms with Gasteiger partial charge >= 0.3 is 0 Å². The molecule has 4 nitrogen and oxygen atoms in total. The lowest BCUT2D eigenvalue weighted by molar-refractivity contribution is 0.0665. The molecule has 1 fully saturated rings. The highest BCUT2D eigenvalue weighted by molar-refractivity contribution is 7.16. The van der Waals surface area contributed by atoms with E-state index in [-0.39, 0.29) is 11.9 Å². The SMILES string of the molecule is CC(N)C1CCCN(C(=O)c2cnc(-c3ccccc3)s2)C1. The molecule has 2 unspecified atom stereocenters. The Morgan fingerprint density at radius 3 is 2.91 bits per heavy atom. The van der Waals surface area contributed by atoms with Crippen LogP contribution in [0.3, 0.4) is 0 Å². The van der Waals surface area contributed by atoms with E-state index in [4.69, 9.17) is 5.73 Å². The van der Waals surface area contributed by atoms with Gasteiger partial charge in [-0.1, -0.05) is 30.3 Å². The number of carbonyl (C=O) groups excluding carboxylic acids is 1. The minimum Gasteiger partial charge on any atom is -0.338 e. The molecule has 1 aliphatic heterocycles. The fourth-order valence-electron chi connectivity index (χ4n) is 2.87. The first-order valence-electron chi connectivity index (χ1n) is 7.71. The number of hydrogen-bond acceptors (Lipinski definition) is 4. The number of carbonyl (C=O) groups is 1. The van der Waals surface area contributed by atoms with Crippen molar-refractivity contribution in [2.24, 2.45) is 11.7 Å². The van der Waals surface area contributed by atoms with Crippen LogP contribution >= 0.6 is 11.3 Å². The molecule has 5 heteroatoms. The molecule has 1 aromatic carbocycles. The lowest BCUT2D eigenvalue weighted by Gasteiger charge is -2.34. The van der Waals surface area contributed by atoms with Crippen molar-refractivity contribution < 1.29 is 4.79 Å². The van der Waals surface area contributed by atoms with Crippen LogP contribution in [0.2, 0.25) is 0 Å². The predicted octanol–water partition coefficient (Wildman–Crippen LogP) is 3.01. The molecule has 2 heterocycles. The van der Waals surface area contributed by atoms with Gasteiger partial charge in [0.2, 0.25) is 0 Å². The normalized spacial score (nSPS) is 19.9. The van der Waals surface area contributed by atoms with Crippen LogP contribution in [0.25, 0.3) is 10.6 Å². The zero-order valence-corrected chi connectivity index (χ0v) is 13.6. The minimum atomic E-state index is 0.0880. The molecule has 2 atom stereocenters. The summed E-state index contributed by atoms with van der Waals surface area (Å²) in [7, 11) is 0. The predicted molar refractivity (Wildman–Crippen MR) is 89.8 cm³/mol. The molecule has 3 rings (SSSR count). The average molecular weight is 315 g/mol. The van der Waals surface area contributed by atoms with Gasteiger partial charge in [0, 0.05) is 24.7 Å². The number of benzene rings is 1. The molecule has 0 saturated carbocycles. The van der Waals surface area contributed by atoms with Crippen molar-refractivity contribution in [3.8, 4) is 10.6 Å². The molecule has 2 aromatic rings. The second-order valence-electron chi connectivity index (χ2n) is 5.91. The molecular weight excluding hydrogens is 294 g/mol. The van der Waals surface area contributed by atoms with Crippen LogP contribution in [0.5, 0.6) is 0 Å². The lowest BCUT2D eigenvalue weighted by atomic mass is 9.92. The van der Waals surface area contributed by atoms with E-state index in [1.807, 2.05) is 42.2 Å². The van der Waals surface area contributed by atoms with E-state index in [2.05, 4.69) is 4.98 Å². The molecule has 22 heavy (non-hydrogen) atoms. The van der Waals surface area contributed by atoms with E-state index < -0.39 is 0 Å². The summed E-state index contributed by atoms with van der Waals surface area (Å²) in [6.45, 7) is 3.61. The van der Waals surface area contributed by atoms with E-state index in [0.717, 1.165) is 36.5 Å². The molecule has 0 radical (unpaired) electrons. The van der Waals surface area contributed by atoms with E-state index in [9.17, 15) is 4.79 Å². The maximum absolute atomic E-state index is 12.7. The smallest absolute Gasteiger partial charge is 0.265 e. The Morgan fingerprint density at radius 2 is 2.18 bits per heavy atom. The summed E-state index contributed by atoms with van der Waals surface area (Å²) in [5, 5.41) is 0.893. The summed E-state index contributed by atoms with van der Waals surface area (Å²) in [6, 6.07) is 10.1. The molecular formula is C17H21N3OS. The van der Waals surface area contributed by atoms with Crippen molar-refractivity contribution in [3.63, 3.8) is 0 Å². The van der Waals surface area contributed by atoms with Gasteiger partial charge in [-0.05, 0) is 25.7 Å². The highest BCUT2D eigenvalue weighted by atomic mass is 32.1. The van der Waals surface area contributed by atoms with E-state index in [1.54, 1.807) is 6.20 Å². The molecule has 0 bridgehead atoms. The quantitative estimate of drug-likeness (QED) is 0.947. The van der Waals surface area contributed by atoms with Crippen LogP contribution < -0.4 is 5.73 Å². The Morgan fingerprint density at radius 1 is 1.41 bits per heavy atom. The maximum atomic E-state index is 12.7. The Kier molecular flexibility index (Phi) is 4.55. The van der Waals surface area contributed by atoms with Gasteiger partial charge in [0.15, 0.2) is 0 Å². The monoisotopic (exact) mass is 315 g/mol. The van der Waals surface area contributed by atoms with Crippen LogP contribution in [0, 0.1) is 5.92 Å². The Bertz CT molecular complexity index is 638. The molecule has 2 N–H and O–H groups in total. The Balaban J connectivity index is 1.74. The van der Waals surface area contributed by atoms with Crippen molar-refractivity contribution in [3.05, 3.63) is 41.4 Å². The van der Waals surface area contributed by atoms with E-state index in [1.165, 1.54) is 11.3 Å². The van der Waals surface area contributed by atoms with E-state index >= 15 is 0 Å². The maximum Gasteiger partial charge on any atom is 0.265 e. The zero-order chi connectivity index (χ0) is 15.5. The fraction of sp³-hybridized carbons (Fsp3) is 0.412. The molecule has 1 aliphatic rings. The van der Waals surface area contributed by atoms with Crippen molar-refractivity contribution in [1.82, 2.24) is 9.88 Å². The van der Waals surface area contributed by atoms with Crippen LogP contribution in [-0.2, 0) is 0 Å². The summed E-state index contributed by atoms with van der Waals surface area (Å²) in [5.41, 5.74) is 7.05. The highest BCUT2D eigenvalue weighted by Crippen LogP contribution is 2.27. The summed E-state index contributed by atoms with van der Waals surface area (Å²) in [6.07, 6.45) is 3.84. The first-order valence-corrected chi connectivity index (χ1v) is 8.53. The third kappa shape index (κ3) is 3.20. The van der Waals surface area contributed by atoms with Crippen LogP contribution in [0.15, 0.2) is 36.5 Å². The van der Waals surface area contributed by atoms with E-state index in [0.29, 0.717) is 10.8 Å². The topological polar surface area (TPSA) is 59.2 Å². The third-order valence-corrected chi connectivity index (χ3v) is 5.26. The van der Waals surface area contributed by atoms with Crippen molar-refractivity contribution in [2.75, 3.05) is 13.1 Å². The molecule has 1 amide bonds. The molecule has 0 spiro atoms. The second-order valence-corrected chi connectivity index (χ2v) is 6.94. The Hall–Kier alpha value is -1.72. The molecule has 0 aliphatic carbocycles. The van der Waals surface area contributed by atoms with Gasteiger partial charge < -0.3 is 10.6 Å². The number of nitrogens with zero attached hydrogens (tertiary/aromatic N) is 2. The molecule has 1 saturated heterocycles. The van der Waals surface area contributed by atoms with Gasteiger partial charge in [0.25, 0.3) is 5.91 Å². The van der Waals surface area contributed by atoms with Crippen molar-refractivity contribution in [1.29, 1.82) is 0 Å². The Labute approximate surface area is 135 Å². The number of aromatic nitrogens is 1. The van der Waals surface area contributed by atoms with Gasteiger partial charge in [-0.3, -0.25) is 4.79 Å². The zero-order valence-electron chi connectivity index (χ0n) is 12.7. The molecule has 1 aromatic heterocycles. The lowest BCUT2D eigenvalue weighted by Crippen LogP contribution is -2.44. The number of hydrogen-bond donors (Lipinski definition) is 1. The summed E-state index contributed by atoms with van der Waals surface area (Å²) in [5.74, 6) is 0.490. The summed E-state index contributed by atoms with van der Waals surface area (Å²) >= 11 is 1.46. The van der Waals surface area contributed by atoms with Gasteiger partial charge in [0.05, 0.1) is 6.20 Å². The summed E-state index contributed by atoms with van der Waals surface area (Å²) in [4.78, 5) is 19.7. The molecule has 116 valence electrons. The van der Waals surface area contributed by atoms with Crippen molar-refractivity contribution in [2.45, 2.75) is 25.8 Å². The largest absolute Gasteiger partial charge is 0.338 e. The highest BCUT2D eigenvalue weighted by Gasteiger charge is 2.27. The van der Waals surface area contributed by atoms with Gasteiger partial charge in [0.1, 0.15) is 9.88 Å². The number of amides is 1. The third-order valence-electron chi connectivity index (χ3n) is 4.23. The first kappa shape index (κ1) is 15.2. The van der Waals surface area contributed by atoms with Gasteiger partial charge in [-0.15, -0.1) is 11.3 Å². The standard InChI is InChI=1S/C17H21N3OS/c1-12(18)14-8-5-9-20(11-14)17(21)15-10-19-16(22-15)13-6-3-2-4-7-13/h2-4,6-7,10,12,14H,5,8-9,11,18H2,1H3. The number of likely N-dealkylation sites (tertiary alicyclic amines) is 1. The van der Waals surface area contributed by atoms with Crippen LogP contribution in [-0.4, -0.2) is 34.9 Å². The van der Waals surface area contributed by atoms with Gasteiger partial charge in [-0.25, -0.2) is 4.98 Å². The number of piperidine rings is 1. The van der Waals surface area contributed by atoms with Crippen LogP contribution in [0.4, 0.5) is 0 Å². The number of nitrogens with two attached hydrogens (primary N) is 1. The fourth-order valence-corrected chi connectivity index (χ4v) is 3.76. The number of rotatable bonds is 3. The number of thiazole rings is 1. The first-order chi connectivity index (χ1) is 10.6. The van der Waals surface area contributed by atoms with Gasteiger partial charge in [-0.2, -0.15) is 0 Å². The van der Waals surface area contributed by atoms with Crippen LogP contribution in [0.1, 0.15) is 29.4 Å². The average Bonchev–Trinajstić information content (AvgIpc) is 3.05. The summed E-state index contributed by atoms with van der Waals surface area (Å²) < 4.78 is 0. The minimum absolute atomic E-state index is 0.0880. The second kappa shape index (κ2) is 6.58.